The van der Waals surface area contributed by atoms with Gasteiger partial charge in [-0.2, -0.15) is 0 Å². The Morgan fingerprint density at radius 3 is 1.12 bits per heavy atom. The maximum absolute atomic E-state index is 13.2. The van der Waals surface area contributed by atoms with Gasteiger partial charge in [-0.05, 0) is 179 Å². The number of aromatic nitrogens is 6. The zero-order valence-electron chi connectivity index (χ0n) is 63.8. The van der Waals surface area contributed by atoms with Gasteiger partial charge in [0.15, 0.2) is 6.29 Å². The molecule has 31 heteroatoms. The third-order valence-electron chi connectivity index (χ3n) is 22.4. The van der Waals surface area contributed by atoms with E-state index in [2.05, 4.69) is 42.5 Å². The maximum Gasteiger partial charge on any atom is 0.410 e. The van der Waals surface area contributed by atoms with Gasteiger partial charge < -0.3 is 34.5 Å². The second-order valence-electron chi connectivity index (χ2n) is 31.1. The SMILES string of the molecule is C1CCC(OC2CCNCC2)CC1.Cn1c(=O)n(C2CCC(=O)NC2=O)c2cccc(C=O)c21.Cn1c(=O)n(C2CCC(=O)NC2=O)c2cccc(CN3CCC(OC4CCN(C(=O)OC(C)(C)C)CC4)CC3)c21.Cn1c(=O)n(C2CCC(=O)NC2=O)c2cccc(CN3CCC(OC4CCNCC4)CC3)c21.[W].[W]. The van der Waals surface area contributed by atoms with Crippen LogP contribution in [-0.4, -0.2) is 198 Å². The zero-order chi connectivity index (χ0) is 75.6. The van der Waals surface area contributed by atoms with Crippen molar-refractivity contribution in [2.45, 2.75) is 229 Å². The number of hydrogen-bond donors (Lipinski definition) is 5. The molecular weight excluding hydrogens is 1740 g/mol. The van der Waals surface area contributed by atoms with Gasteiger partial charge in [0, 0.05) is 140 Å². The molecule has 592 valence electrons. The Morgan fingerprint density at radius 1 is 0.431 bits per heavy atom. The average molecular weight is 1850 g/mol. The molecule has 0 radical (unpaired) electrons. The molecule has 8 aliphatic heterocycles. The number of aryl methyl sites for hydroxylation is 3. The predicted molar refractivity (Wildman–Crippen MR) is 401 cm³/mol. The first-order chi connectivity index (χ1) is 51.5. The standard InChI is InChI=1S/C29H41N5O6.C24H33N5O4.C14H13N3O4.C11H21NO.2W/c1-29(2,3)40-28(38)33-16-12-21(13-17-33)39-20-10-14-32(15-11-20)18-19-6-5-7-22-25(19)31(4)27(37)34(22)23-8-9-24(35)30-26(23)36;1-27-22-16(15-28-13-9-18(10-14-28)33-17-7-11-25-12-8-17)3-2-4-19(22)29(24(27)32)20-5-6-21(30)26-23(20)31;1-16-12-8(7-18)3-2-4-9(12)17(14(16)21)10-5-6-11(19)15-13(10)20;1-2-4-10(5-3-1)13-11-6-8-12-9-7-11;;/h5-7,20-21,23H,8-18H2,1-4H3,(H,30,35,36);2-4,17-18,20,25H,5-15H2,1H3,(H,26,30,31);2-4,7,10H,5-6H2,1H3,(H,15,19,20);10-12H,1-9H2;;. The second-order valence-corrected chi connectivity index (χ2v) is 31.1. The number of rotatable bonds is 14. The van der Waals surface area contributed by atoms with Crippen LogP contribution in [0.4, 0.5) is 4.79 Å². The molecule has 3 unspecified atom stereocenters. The van der Waals surface area contributed by atoms with Gasteiger partial charge >= 0.3 is 23.2 Å². The molecule has 3 atom stereocenters. The number of hydrogen-bond acceptors (Lipinski definition) is 19. The molecule has 0 spiro atoms. The van der Waals surface area contributed by atoms with Crippen molar-refractivity contribution in [3.63, 3.8) is 0 Å². The van der Waals surface area contributed by atoms with E-state index in [0.717, 1.165) is 143 Å². The first kappa shape index (κ1) is 84.4. The van der Waals surface area contributed by atoms with Gasteiger partial charge in [-0.15, -0.1) is 0 Å². The number of amides is 7. The summed E-state index contributed by atoms with van der Waals surface area (Å²) in [7, 11) is 5.06. The van der Waals surface area contributed by atoms with Gasteiger partial charge in [-0.3, -0.25) is 86.7 Å². The van der Waals surface area contributed by atoms with Crippen LogP contribution in [0, 0.1) is 0 Å². The number of para-hydroxylation sites is 3. The van der Waals surface area contributed by atoms with Crippen LogP contribution in [0.5, 0.6) is 0 Å². The molecule has 1 aliphatic carbocycles. The van der Waals surface area contributed by atoms with Gasteiger partial charge in [0.25, 0.3) is 0 Å². The van der Waals surface area contributed by atoms with Crippen molar-refractivity contribution < 1.29 is 99.4 Å². The monoisotopic (exact) mass is 1850 g/mol. The van der Waals surface area contributed by atoms with Crippen molar-refractivity contribution in [1.82, 2.24) is 68.7 Å². The molecular formula is C78H108N14O15W2. The van der Waals surface area contributed by atoms with E-state index in [9.17, 15) is 52.7 Å². The number of likely N-dealkylation sites (tertiary alicyclic amines) is 3. The summed E-state index contributed by atoms with van der Waals surface area (Å²) in [5.41, 5.74) is 5.32. The van der Waals surface area contributed by atoms with Crippen LogP contribution in [-0.2, 0) is 124 Å². The minimum Gasteiger partial charge on any atom is -0.444 e. The number of nitrogens with zero attached hydrogens (tertiary/aromatic N) is 9. The molecule has 9 aliphatic rings. The molecule has 9 fully saturated rings. The van der Waals surface area contributed by atoms with Crippen LogP contribution < -0.4 is 43.7 Å². The number of fused-ring (bicyclic) bond motifs is 3. The first-order valence-corrected chi connectivity index (χ1v) is 38.8. The molecule has 15 rings (SSSR count). The van der Waals surface area contributed by atoms with Crippen LogP contribution in [0.1, 0.15) is 195 Å². The van der Waals surface area contributed by atoms with Gasteiger partial charge in [0.05, 0.1) is 69.7 Å². The van der Waals surface area contributed by atoms with Crippen LogP contribution in [0.15, 0.2) is 69.0 Å². The smallest absolute Gasteiger partial charge is 0.410 e. The molecule has 29 nitrogen and oxygen atoms in total. The van der Waals surface area contributed by atoms with E-state index in [1.54, 1.807) is 57.9 Å². The number of imide groups is 3. The summed E-state index contributed by atoms with van der Waals surface area (Å²) >= 11 is 0. The summed E-state index contributed by atoms with van der Waals surface area (Å²) in [6.07, 6.45) is 21.2. The Bertz CT molecular complexity index is 4380. The van der Waals surface area contributed by atoms with Crippen LogP contribution >= 0.6 is 0 Å². The van der Waals surface area contributed by atoms with E-state index in [1.807, 2.05) is 51.1 Å². The topological polar surface area (TPSA) is 324 Å². The number of benzene rings is 3. The molecule has 7 amide bonds. The second kappa shape index (κ2) is 38.4. The Morgan fingerprint density at radius 2 is 0.761 bits per heavy atom. The average Bonchev–Trinajstić information content (AvgIpc) is 1.62. The third kappa shape index (κ3) is 20.6. The normalized spacial score (nSPS) is 22.3. The Labute approximate surface area is 663 Å². The van der Waals surface area contributed by atoms with Crippen molar-refractivity contribution in [2.75, 3.05) is 65.4 Å². The molecule has 8 saturated heterocycles. The van der Waals surface area contributed by atoms with Gasteiger partial charge in [0.1, 0.15) is 23.7 Å². The number of ether oxygens (including phenoxy) is 4. The molecule has 1 saturated carbocycles. The minimum atomic E-state index is -0.735. The van der Waals surface area contributed by atoms with E-state index < -0.39 is 41.4 Å². The fraction of sp³-hybridized carbons (Fsp3) is 0.628. The van der Waals surface area contributed by atoms with E-state index in [0.29, 0.717) is 79.8 Å². The Kier molecular flexibility index (Phi) is 29.8. The fourth-order valence-corrected chi connectivity index (χ4v) is 16.8. The minimum absolute atomic E-state index is 0. The van der Waals surface area contributed by atoms with Crippen molar-refractivity contribution in [3.05, 3.63) is 103 Å². The Balaban J connectivity index is 0.000000164. The van der Waals surface area contributed by atoms with E-state index >= 15 is 0 Å². The van der Waals surface area contributed by atoms with Crippen molar-refractivity contribution >= 4 is 80.9 Å². The number of carbonyl (C=O) groups excluding carboxylic acids is 8. The molecule has 0 bridgehead atoms. The summed E-state index contributed by atoms with van der Waals surface area (Å²) < 4.78 is 33.4. The predicted octanol–water partition coefficient (Wildman–Crippen LogP) is 5.96. The number of piperidine rings is 8. The van der Waals surface area contributed by atoms with E-state index in [1.165, 1.54) is 58.6 Å². The molecule has 5 N–H and O–H groups in total. The summed E-state index contributed by atoms with van der Waals surface area (Å²) in [4.78, 5) is 140. The largest absolute Gasteiger partial charge is 0.444 e. The fourth-order valence-electron chi connectivity index (χ4n) is 16.8. The zero-order valence-corrected chi connectivity index (χ0v) is 69.6. The van der Waals surface area contributed by atoms with Crippen LogP contribution in [0.25, 0.3) is 33.1 Å². The molecule has 6 aromatic rings. The number of carbonyl (C=O) groups is 8. The molecule has 3 aromatic heterocycles. The van der Waals surface area contributed by atoms with Crippen LogP contribution in [0.3, 0.4) is 0 Å². The number of nitrogens with one attached hydrogen (secondary N) is 5. The van der Waals surface area contributed by atoms with E-state index in [4.69, 9.17) is 18.9 Å². The maximum atomic E-state index is 13.2. The van der Waals surface area contributed by atoms with Crippen molar-refractivity contribution in [1.29, 1.82) is 0 Å². The van der Waals surface area contributed by atoms with Crippen molar-refractivity contribution in [2.24, 2.45) is 21.1 Å². The quantitative estimate of drug-likeness (QED) is 0.0620. The number of aldehydes is 1. The molecule has 3 aromatic carbocycles. The van der Waals surface area contributed by atoms with Gasteiger partial charge in [-0.25, -0.2) is 19.2 Å². The van der Waals surface area contributed by atoms with Crippen LogP contribution in [0.2, 0.25) is 0 Å². The summed E-state index contributed by atoms with van der Waals surface area (Å²) in [6.45, 7) is 16.5. The summed E-state index contributed by atoms with van der Waals surface area (Å²) in [5.74, 6) is -2.22. The van der Waals surface area contributed by atoms with Gasteiger partial charge in [0.2, 0.25) is 35.4 Å². The van der Waals surface area contributed by atoms with E-state index in [-0.39, 0.29) is 121 Å². The Hall–Kier alpha value is -7.07. The number of imidazole rings is 3. The van der Waals surface area contributed by atoms with Crippen molar-refractivity contribution in [3.8, 4) is 0 Å². The summed E-state index contributed by atoms with van der Waals surface area (Å²) in [6, 6.07) is 14.6. The molecule has 109 heavy (non-hydrogen) atoms. The molecule has 11 heterocycles. The van der Waals surface area contributed by atoms with Gasteiger partial charge in [-0.1, -0.05) is 49.6 Å². The first-order valence-electron chi connectivity index (χ1n) is 38.8. The third-order valence-corrected chi connectivity index (χ3v) is 22.4. The summed E-state index contributed by atoms with van der Waals surface area (Å²) in [5, 5.41) is 13.7.